The summed E-state index contributed by atoms with van der Waals surface area (Å²) in [5, 5.41) is 6.58. The van der Waals surface area contributed by atoms with Crippen LogP contribution in [0.3, 0.4) is 0 Å². The largest absolute Gasteiger partial charge is 0.383 e. The van der Waals surface area contributed by atoms with Crippen molar-refractivity contribution >= 4 is 11.6 Å². The van der Waals surface area contributed by atoms with Gasteiger partial charge in [-0.15, -0.1) is 0 Å². The summed E-state index contributed by atoms with van der Waals surface area (Å²) in [4.78, 5) is 12.6. The van der Waals surface area contributed by atoms with Gasteiger partial charge in [0.25, 0.3) is 0 Å². The van der Waals surface area contributed by atoms with Gasteiger partial charge in [0.2, 0.25) is 5.91 Å². The first kappa shape index (κ1) is 15.8. The molecule has 3 atom stereocenters. The lowest BCUT2D eigenvalue weighted by molar-refractivity contribution is -0.126. The van der Waals surface area contributed by atoms with Crippen LogP contribution >= 0.6 is 0 Å². The van der Waals surface area contributed by atoms with Crippen LogP contribution in [0, 0.1) is 11.8 Å². The number of carbonyl (C=O) groups is 1. The van der Waals surface area contributed by atoms with E-state index < -0.39 is 0 Å². The van der Waals surface area contributed by atoms with Gasteiger partial charge in [-0.3, -0.25) is 4.79 Å². The topological polar surface area (TPSA) is 50.4 Å². The predicted octanol–water partition coefficient (Wildman–Crippen LogP) is 2.45. The van der Waals surface area contributed by atoms with Crippen LogP contribution in [0.4, 0.5) is 5.69 Å². The number of carbonyl (C=O) groups excluding carboxylic acids is 1. The Morgan fingerprint density at radius 3 is 2.81 bits per heavy atom. The molecule has 1 aromatic rings. The molecule has 4 nitrogen and oxygen atoms in total. The first-order chi connectivity index (χ1) is 10.0. The molecule has 0 radical (unpaired) electrons. The van der Waals surface area contributed by atoms with Crippen molar-refractivity contribution in [3.05, 3.63) is 29.8 Å². The number of anilines is 1. The Morgan fingerprint density at radius 1 is 1.43 bits per heavy atom. The van der Waals surface area contributed by atoms with Gasteiger partial charge in [0.1, 0.15) is 0 Å². The molecule has 3 unspecified atom stereocenters. The Morgan fingerprint density at radius 2 is 2.14 bits per heavy atom. The summed E-state index contributed by atoms with van der Waals surface area (Å²) >= 11 is 0. The number of hydrogen-bond acceptors (Lipinski definition) is 3. The van der Waals surface area contributed by atoms with Gasteiger partial charge in [0.05, 0.1) is 18.6 Å². The van der Waals surface area contributed by atoms with Crippen LogP contribution in [0.25, 0.3) is 0 Å². The number of fused-ring (bicyclic) bond motifs is 1. The molecule has 21 heavy (non-hydrogen) atoms. The number of nitrogens with one attached hydrogen (secondary N) is 2. The third kappa shape index (κ3) is 3.76. The Kier molecular flexibility index (Phi) is 5.23. The Hall–Kier alpha value is -1.55. The lowest BCUT2D eigenvalue weighted by Crippen LogP contribution is -2.49. The fourth-order valence-corrected chi connectivity index (χ4v) is 2.79. The number of methoxy groups -OCH3 is 1. The Labute approximate surface area is 127 Å². The number of ether oxygens (including phenoxy) is 1. The summed E-state index contributed by atoms with van der Waals surface area (Å²) in [5.74, 6) is 0.423. The van der Waals surface area contributed by atoms with Gasteiger partial charge in [-0.2, -0.15) is 0 Å². The normalized spacial score (nSPS) is 22.3. The SMILES string of the molecule is COCC(NC(=O)C1Cc2ccccc2NC1C)C(C)C. The van der Waals surface area contributed by atoms with Gasteiger partial charge in [-0.05, 0) is 30.9 Å². The highest BCUT2D eigenvalue weighted by atomic mass is 16.5. The van der Waals surface area contributed by atoms with Crippen molar-refractivity contribution in [2.24, 2.45) is 11.8 Å². The smallest absolute Gasteiger partial charge is 0.225 e. The van der Waals surface area contributed by atoms with E-state index in [0.717, 1.165) is 12.1 Å². The molecule has 1 aliphatic heterocycles. The molecule has 2 N–H and O–H groups in total. The lowest BCUT2D eigenvalue weighted by Gasteiger charge is -2.33. The molecule has 4 heteroatoms. The number of rotatable bonds is 5. The maximum absolute atomic E-state index is 12.6. The quantitative estimate of drug-likeness (QED) is 0.876. The molecular weight excluding hydrogens is 264 g/mol. The molecule has 0 saturated carbocycles. The second kappa shape index (κ2) is 6.94. The van der Waals surface area contributed by atoms with E-state index in [1.54, 1.807) is 7.11 Å². The molecule has 1 amide bonds. The van der Waals surface area contributed by atoms with Gasteiger partial charge in [-0.1, -0.05) is 32.0 Å². The monoisotopic (exact) mass is 290 g/mol. The molecule has 1 aromatic carbocycles. The van der Waals surface area contributed by atoms with Crippen molar-refractivity contribution < 1.29 is 9.53 Å². The Bertz CT molecular complexity index is 487. The molecule has 0 bridgehead atoms. The van der Waals surface area contributed by atoms with E-state index in [4.69, 9.17) is 4.74 Å². The summed E-state index contributed by atoms with van der Waals surface area (Å²) in [5.41, 5.74) is 2.36. The summed E-state index contributed by atoms with van der Waals surface area (Å²) in [7, 11) is 1.67. The third-order valence-corrected chi connectivity index (χ3v) is 4.26. The first-order valence-corrected chi connectivity index (χ1v) is 7.66. The number of para-hydroxylation sites is 1. The van der Waals surface area contributed by atoms with Crippen LogP contribution in [0.1, 0.15) is 26.3 Å². The van der Waals surface area contributed by atoms with Crippen molar-refractivity contribution in [1.29, 1.82) is 0 Å². The second-order valence-electron chi connectivity index (χ2n) is 6.22. The van der Waals surface area contributed by atoms with Gasteiger partial charge < -0.3 is 15.4 Å². The number of hydrogen-bond donors (Lipinski definition) is 2. The second-order valence-corrected chi connectivity index (χ2v) is 6.22. The molecular formula is C17H26N2O2. The predicted molar refractivity (Wildman–Crippen MR) is 85.4 cm³/mol. The highest BCUT2D eigenvalue weighted by molar-refractivity contribution is 5.81. The summed E-state index contributed by atoms with van der Waals surface area (Å²) in [6, 6.07) is 8.40. The molecule has 0 aliphatic carbocycles. The average molecular weight is 290 g/mol. The zero-order valence-electron chi connectivity index (χ0n) is 13.3. The average Bonchev–Trinajstić information content (AvgIpc) is 2.45. The van der Waals surface area contributed by atoms with E-state index in [2.05, 4.69) is 43.5 Å². The molecule has 0 spiro atoms. The van der Waals surface area contributed by atoms with Crippen molar-refractivity contribution in [1.82, 2.24) is 5.32 Å². The molecule has 0 aromatic heterocycles. The summed E-state index contributed by atoms with van der Waals surface area (Å²) in [6.07, 6.45) is 0.786. The maximum atomic E-state index is 12.6. The highest BCUT2D eigenvalue weighted by Crippen LogP contribution is 2.28. The fourth-order valence-electron chi connectivity index (χ4n) is 2.79. The number of benzene rings is 1. The van der Waals surface area contributed by atoms with Gasteiger partial charge in [0.15, 0.2) is 0 Å². The Balaban J connectivity index is 2.06. The lowest BCUT2D eigenvalue weighted by atomic mass is 9.87. The number of amides is 1. The minimum Gasteiger partial charge on any atom is -0.383 e. The third-order valence-electron chi connectivity index (χ3n) is 4.26. The fraction of sp³-hybridized carbons (Fsp3) is 0.588. The van der Waals surface area contributed by atoms with Crippen LogP contribution in [0.2, 0.25) is 0 Å². The summed E-state index contributed by atoms with van der Waals surface area (Å²) < 4.78 is 5.21. The van der Waals surface area contributed by atoms with E-state index in [9.17, 15) is 4.79 Å². The zero-order valence-corrected chi connectivity index (χ0v) is 13.3. The van der Waals surface area contributed by atoms with Crippen LogP contribution in [0.15, 0.2) is 24.3 Å². The maximum Gasteiger partial charge on any atom is 0.225 e. The van der Waals surface area contributed by atoms with Crippen molar-refractivity contribution in [3.63, 3.8) is 0 Å². The van der Waals surface area contributed by atoms with E-state index in [0.29, 0.717) is 12.5 Å². The summed E-state index contributed by atoms with van der Waals surface area (Å²) in [6.45, 7) is 6.82. The van der Waals surface area contributed by atoms with E-state index >= 15 is 0 Å². The van der Waals surface area contributed by atoms with Crippen LogP contribution < -0.4 is 10.6 Å². The van der Waals surface area contributed by atoms with Gasteiger partial charge in [-0.25, -0.2) is 0 Å². The molecule has 1 heterocycles. The molecule has 2 rings (SSSR count). The highest BCUT2D eigenvalue weighted by Gasteiger charge is 2.31. The van der Waals surface area contributed by atoms with E-state index in [1.807, 2.05) is 12.1 Å². The molecule has 1 aliphatic rings. The molecule has 0 fully saturated rings. The van der Waals surface area contributed by atoms with Crippen LogP contribution in [-0.4, -0.2) is 31.7 Å². The first-order valence-electron chi connectivity index (χ1n) is 7.66. The standard InChI is InChI=1S/C17H26N2O2/c1-11(2)16(10-21-4)19-17(20)14-9-13-7-5-6-8-15(13)18-12(14)3/h5-8,11-12,14,16,18H,9-10H2,1-4H3,(H,19,20). The van der Waals surface area contributed by atoms with Crippen LogP contribution in [-0.2, 0) is 16.0 Å². The van der Waals surface area contributed by atoms with E-state index in [-0.39, 0.29) is 23.9 Å². The van der Waals surface area contributed by atoms with Gasteiger partial charge in [0, 0.05) is 18.8 Å². The van der Waals surface area contributed by atoms with Crippen molar-refractivity contribution in [3.8, 4) is 0 Å². The van der Waals surface area contributed by atoms with Crippen molar-refractivity contribution in [2.45, 2.75) is 39.3 Å². The molecule has 116 valence electrons. The molecule has 0 saturated heterocycles. The van der Waals surface area contributed by atoms with Crippen molar-refractivity contribution in [2.75, 3.05) is 19.0 Å². The van der Waals surface area contributed by atoms with Gasteiger partial charge >= 0.3 is 0 Å². The minimum absolute atomic E-state index is 0.0435. The zero-order chi connectivity index (χ0) is 15.4. The van der Waals surface area contributed by atoms with Crippen LogP contribution in [0.5, 0.6) is 0 Å². The van der Waals surface area contributed by atoms with E-state index in [1.165, 1.54) is 5.56 Å². The minimum atomic E-state index is -0.0435.